The van der Waals surface area contributed by atoms with Crippen molar-refractivity contribution in [1.82, 2.24) is 0 Å². The molecule has 1 nitrogen and oxygen atoms in total. The molecule has 0 aromatic carbocycles. The quantitative estimate of drug-likeness (QED) is 0.580. The van der Waals surface area contributed by atoms with Gasteiger partial charge in [0.25, 0.3) is 0 Å². The van der Waals surface area contributed by atoms with E-state index in [1.54, 1.807) is 0 Å². The molecule has 1 aliphatic rings. The normalized spacial score (nSPS) is 15.6. The van der Waals surface area contributed by atoms with Gasteiger partial charge in [-0.3, -0.25) is 0 Å². The van der Waals surface area contributed by atoms with E-state index in [0.29, 0.717) is 0 Å². The Morgan fingerprint density at radius 1 is 1.42 bits per heavy atom. The smallest absolute Gasteiger partial charge is 0.118 e. The van der Waals surface area contributed by atoms with E-state index < -0.39 is 0 Å². The molecule has 0 heterocycles. The second-order valence-electron chi connectivity index (χ2n) is 2.84. The highest BCUT2D eigenvalue weighted by Crippen LogP contribution is 2.06. The zero-order chi connectivity index (χ0) is 8.65. The third-order valence-electron chi connectivity index (χ3n) is 1.72. The topological polar surface area (TPSA) is 9.23 Å². The van der Waals surface area contributed by atoms with Gasteiger partial charge in [-0.1, -0.05) is 31.6 Å². The third kappa shape index (κ3) is 3.42. The molecule has 0 unspecified atom stereocenters. The molecule has 1 heteroatoms. The fourth-order valence-corrected chi connectivity index (χ4v) is 0.990. The minimum atomic E-state index is 0.834. The van der Waals surface area contributed by atoms with E-state index >= 15 is 0 Å². The highest BCUT2D eigenvalue weighted by Gasteiger charge is 1.92. The molecule has 0 fully saturated rings. The number of rotatable bonds is 4. The van der Waals surface area contributed by atoms with Crippen molar-refractivity contribution in [3.8, 4) is 0 Å². The standard InChI is InChI=1S/C11H16O/c1-2-3-10-12-11-8-6-4-5-7-9-11/h4,6-9H,2-3,5,10H2,1H3. The molecular weight excluding hydrogens is 148 g/mol. The Bertz CT molecular complexity index is 199. The molecule has 1 rings (SSSR count). The van der Waals surface area contributed by atoms with Crippen LogP contribution >= 0.6 is 0 Å². The lowest BCUT2D eigenvalue weighted by atomic mass is 10.3. The van der Waals surface area contributed by atoms with Crippen LogP contribution in [0.5, 0.6) is 0 Å². The van der Waals surface area contributed by atoms with Gasteiger partial charge in [0.15, 0.2) is 0 Å². The van der Waals surface area contributed by atoms with Crippen LogP contribution in [0.1, 0.15) is 26.2 Å². The molecule has 0 spiro atoms. The van der Waals surface area contributed by atoms with Gasteiger partial charge in [-0.15, -0.1) is 0 Å². The van der Waals surface area contributed by atoms with Crippen molar-refractivity contribution in [1.29, 1.82) is 0 Å². The zero-order valence-electron chi connectivity index (χ0n) is 7.62. The van der Waals surface area contributed by atoms with Crippen LogP contribution in [0.3, 0.4) is 0 Å². The number of allylic oxidation sites excluding steroid dienone is 5. The molecule has 0 bridgehead atoms. The van der Waals surface area contributed by atoms with Crippen molar-refractivity contribution in [2.45, 2.75) is 26.2 Å². The Kier molecular flexibility index (Phi) is 4.28. The van der Waals surface area contributed by atoms with Gasteiger partial charge >= 0.3 is 0 Å². The van der Waals surface area contributed by atoms with E-state index in [2.05, 4.69) is 19.1 Å². The van der Waals surface area contributed by atoms with Gasteiger partial charge in [0.05, 0.1) is 6.61 Å². The average Bonchev–Trinajstić information content (AvgIpc) is 2.33. The summed E-state index contributed by atoms with van der Waals surface area (Å²) in [7, 11) is 0. The summed E-state index contributed by atoms with van der Waals surface area (Å²) in [6.45, 7) is 3.00. The van der Waals surface area contributed by atoms with E-state index in [0.717, 1.165) is 25.2 Å². The predicted molar refractivity (Wildman–Crippen MR) is 51.8 cm³/mol. The first-order valence-electron chi connectivity index (χ1n) is 4.59. The SMILES string of the molecule is CCCCOC1=CC=CCC=C1. The number of hydrogen-bond acceptors (Lipinski definition) is 1. The lowest BCUT2D eigenvalue weighted by Gasteiger charge is -2.04. The minimum absolute atomic E-state index is 0.834. The maximum Gasteiger partial charge on any atom is 0.118 e. The lowest BCUT2D eigenvalue weighted by molar-refractivity contribution is 0.219. The van der Waals surface area contributed by atoms with Gasteiger partial charge in [-0.2, -0.15) is 0 Å². The Morgan fingerprint density at radius 3 is 3.17 bits per heavy atom. The first-order valence-corrected chi connectivity index (χ1v) is 4.59. The van der Waals surface area contributed by atoms with Gasteiger partial charge < -0.3 is 4.74 Å². The largest absolute Gasteiger partial charge is 0.494 e. The summed E-state index contributed by atoms with van der Waals surface area (Å²) in [6, 6.07) is 0. The fourth-order valence-electron chi connectivity index (χ4n) is 0.990. The monoisotopic (exact) mass is 164 g/mol. The molecule has 0 radical (unpaired) electrons. The predicted octanol–water partition coefficient (Wildman–Crippen LogP) is 3.20. The third-order valence-corrected chi connectivity index (χ3v) is 1.72. The molecular formula is C11H16O. The van der Waals surface area contributed by atoms with Gasteiger partial charge in [0.2, 0.25) is 0 Å². The van der Waals surface area contributed by atoms with Crippen molar-refractivity contribution in [2.24, 2.45) is 0 Å². The lowest BCUT2D eigenvalue weighted by Crippen LogP contribution is -1.91. The van der Waals surface area contributed by atoms with Crippen molar-refractivity contribution in [3.63, 3.8) is 0 Å². The Balaban J connectivity index is 2.30. The Hall–Kier alpha value is -0.980. The number of ether oxygens (including phenoxy) is 1. The van der Waals surface area contributed by atoms with E-state index in [1.807, 2.05) is 18.2 Å². The second kappa shape index (κ2) is 5.64. The van der Waals surface area contributed by atoms with Crippen molar-refractivity contribution in [2.75, 3.05) is 6.61 Å². The van der Waals surface area contributed by atoms with Crippen LogP contribution in [-0.2, 0) is 4.74 Å². The zero-order valence-corrected chi connectivity index (χ0v) is 7.62. The van der Waals surface area contributed by atoms with Crippen LogP contribution < -0.4 is 0 Å². The molecule has 0 saturated heterocycles. The van der Waals surface area contributed by atoms with E-state index in [4.69, 9.17) is 4.74 Å². The maximum atomic E-state index is 5.53. The summed E-state index contributed by atoms with van der Waals surface area (Å²) in [4.78, 5) is 0. The van der Waals surface area contributed by atoms with E-state index in [-0.39, 0.29) is 0 Å². The summed E-state index contributed by atoms with van der Waals surface area (Å²) in [5.74, 6) is 0.984. The highest BCUT2D eigenvalue weighted by molar-refractivity contribution is 5.22. The fraction of sp³-hybridized carbons (Fsp3) is 0.455. The van der Waals surface area contributed by atoms with E-state index in [1.165, 1.54) is 6.42 Å². The van der Waals surface area contributed by atoms with Crippen LogP contribution in [0.25, 0.3) is 0 Å². The van der Waals surface area contributed by atoms with Gasteiger partial charge in [0, 0.05) is 0 Å². The summed E-state index contributed by atoms with van der Waals surface area (Å²) in [5.41, 5.74) is 0. The maximum absolute atomic E-state index is 5.53. The number of unbranched alkanes of at least 4 members (excludes halogenated alkanes) is 1. The van der Waals surface area contributed by atoms with Crippen molar-refractivity contribution >= 4 is 0 Å². The van der Waals surface area contributed by atoms with Crippen LogP contribution in [0, 0.1) is 0 Å². The molecule has 0 saturated carbocycles. The number of hydrogen-bond donors (Lipinski definition) is 0. The molecule has 0 aliphatic heterocycles. The summed E-state index contributed by atoms with van der Waals surface area (Å²) in [5, 5.41) is 0. The van der Waals surface area contributed by atoms with Gasteiger partial charge in [-0.05, 0) is 25.0 Å². The molecule has 0 aromatic heterocycles. The van der Waals surface area contributed by atoms with Crippen LogP contribution in [0.2, 0.25) is 0 Å². The van der Waals surface area contributed by atoms with Crippen molar-refractivity contribution < 1.29 is 4.74 Å². The van der Waals surface area contributed by atoms with Crippen LogP contribution in [0.15, 0.2) is 36.1 Å². The minimum Gasteiger partial charge on any atom is -0.494 e. The van der Waals surface area contributed by atoms with Crippen LogP contribution in [-0.4, -0.2) is 6.61 Å². The molecule has 1 aliphatic carbocycles. The first kappa shape index (κ1) is 9.11. The molecule has 0 aromatic rings. The first-order chi connectivity index (χ1) is 5.93. The molecule has 12 heavy (non-hydrogen) atoms. The Labute approximate surface area is 74.4 Å². The van der Waals surface area contributed by atoms with E-state index in [9.17, 15) is 0 Å². The van der Waals surface area contributed by atoms with Gasteiger partial charge in [0.1, 0.15) is 5.76 Å². The summed E-state index contributed by atoms with van der Waals surface area (Å²) >= 11 is 0. The summed E-state index contributed by atoms with van der Waals surface area (Å²) < 4.78 is 5.53. The second-order valence-corrected chi connectivity index (χ2v) is 2.84. The molecule has 0 N–H and O–H groups in total. The van der Waals surface area contributed by atoms with Gasteiger partial charge in [-0.25, -0.2) is 0 Å². The van der Waals surface area contributed by atoms with Crippen molar-refractivity contribution in [3.05, 3.63) is 36.1 Å². The molecule has 0 atom stereocenters. The summed E-state index contributed by atoms with van der Waals surface area (Å²) in [6.07, 6.45) is 13.7. The highest BCUT2D eigenvalue weighted by atomic mass is 16.5. The Morgan fingerprint density at radius 2 is 2.33 bits per heavy atom. The average molecular weight is 164 g/mol. The van der Waals surface area contributed by atoms with Crippen LogP contribution in [0.4, 0.5) is 0 Å². The molecule has 66 valence electrons. The molecule has 0 amide bonds.